The van der Waals surface area contributed by atoms with Gasteiger partial charge in [-0.15, -0.1) is 0 Å². The second-order valence-corrected chi connectivity index (χ2v) is 4.28. The van der Waals surface area contributed by atoms with Crippen molar-refractivity contribution < 1.29 is 4.79 Å². The summed E-state index contributed by atoms with van der Waals surface area (Å²) in [5.74, 6) is 0.143. The Labute approximate surface area is 99.4 Å². The van der Waals surface area contributed by atoms with E-state index in [2.05, 4.69) is 5.10 Å². The lowest BCUT2D eigenvalue weighted by molar-refractivity contribution is 0.104. The molecule has 84 valence electrons. The number of benzene rings is 1. The van der Waals surface area contributed by atoms with E-state index in [1.165, 1.54) is 0 Å². The molecule has 3 rings (SSSR count). The van der Waals surface area contributed by atoms with Crippen LogP contribution in [0.25, 0.3) is 6.08 Å². The maximum atomic E-state index is 12.1. The highest BCUT2D eigenvalue weighted by Crippen LogP contribution is 2.27. The standard InChI is InChI=1S/C14H12N2O/c1-16-9-10(8-15-16)6-12-7-11-4-2-3-5-13(11)14(12)17/h2-6,8-9H,7H2,1H3. The van der Waals surface area contributed by atoms with Gasteiger partial charge in [-0.1, -0.05) is 24.3 Å². The topological polar surface area (TPSA) is 34.9 Å². The van der Waals surface area contributed by atoms with Crippen LogP contribution in [-0.4, -0.2) is 15.6 Å². The Kier molecular flexibility index (Phi) is 2.18. The van der Waals surface area contributed by atoms with Crippen molar-refractivity contribution in [3.63, 3.8) is 0 Å². The number of rotatable bonds is 1. The summed E-state index contributed by atoms with van der Waals surface area (Å²) in [7, 11) is 1.87. The molecule has 0 radical (unpaired) electrons. The molecule has 17 heavy (non-hydrogen) atoms. The number of ketones is 1. The van der Waals surface area contributed by atoms with Crippen LogP contribution in [-0.2, 0) is 13.5 Å². The maximum Gasteiger partial charge on any atom is 0.189 e. The molecule has 0 unspecified atom stereocenters. The van der Waals surface area contributed by atoms with Crippen LogP contribution in [0.1, 0.15) is 21.5 Å². The molecule has 0 bridgehead atoms. The van der Waals surface area contributed by atoms with Crippen molar-refractivity contribution in [1.29, 1.82) is 0 Å². The number of hydrogen-bond donors (Lipinski definition) is 0. The van der Waals surface area contributed by atoms with Gasteiger partial charge in [-0.25, -0.2) is 0 Å². The Balaban J connectivity index is 1.99. The summed E-state index contributed by atoms with van der Waals surface area (Å²) in [4.78, 5) is 12.1. The highest BCUT2D eigenvalue weighted by atomic mass is 16.1. The first-order valence-electron chi connectivity index (χ1n) is 5.56. The van der Waals surface area contributed by atoms with Gasteiger partial charge in [0.1, 0.15) is 0 Å². The lowest BCUT2D eigenvalue weighted by atomic mass is 10.1. The summed E-state index contributed by atoms with van der Waals surface area (Å²) < 4.78 is 1.74. The average Bonchev–Trinajstić information content (AvgIpc) is 2.86. The number of carbonyl (C=O) groups is 1. The average molecular weight is 224 g/mol. The van der Waals surface area contributed by atoms with Gasteiger partial charge in [0.15, 0.2) is 5.78 Å². The zero-order chi connectivity index (χ0) is 11.8. The number of Topliss-reactive ketones (excluding diaryl/α,β-unsaturated/α-hetero) is 1. The lowest BCUT2D eigenvalue weighted by Crippen LogP contribution is -1.94. The largest absolute Gasteiger partial charge is 0.289 e. The van der Waals surface area contributed by atoms with Gasteiger partial charge in [-0.3, -0.25) is 9.48 Å². The molecule has 1 heterocycles. The van der Waals surface area contributed by atoms with Crippen molar-refractivity contribution in [2.45, 2.75) is 6.42 Å². The normalized spacial score (nSPS) is 16.5. The van der Waals surface area contributed by atoms with Gasteiger partial charge in [-0.2, -0.15) is 5.10 Å². The zero-order valence-corrected chi connectivity index (χ0v) is 9.55. The zero-order valence-electron chi connectivity index (χ0n) is 9.55. The Morgan fingerprint density at radius 3 is 2.88 bits per heavy atom. The summed E-state index contributed by atoms with van der Waals surface area (Å²) in [5, 5.41) is 4.09. The number of aryl methyl sites for hydroxylation is 1. The summed E-state index contributed by atoms with van der Waals surface area (Å²) in [5.41, 5.74) is 3.78. The van der Waals surface area contributed by atoms with Gasteiger partial charge >= 0.3 is 0 Å². The molecule has 0 N–H and O–H groups in total. The third-order valence-corrected chi connectivity index (χ3v) is 3.00. The van der Waals surface area contributed by atoms with E-state index in [1.807, 2.05) is 43.6 Å². The molecule has 0 amide bonds. The van der Waals surface area contributed by atoms with Crippen LogP contribution in [0.15, 0.2) is 42.2 Å². The van der Waals surface area contributed by atoms with E-state index in [9.17, 15) is 4.79 Å². The fourth-order valence-electron chi connectivity index (χ4n) is 2.19. The number of fused-ring (bicyclic) bond motifs is 1. The Morgan fingerprint density at radius 1 is 1.35 bits per heavy atom. The molecule has 0 saturated heterocycles. The fourth-order valence-corrected chi connectivity index (χ4v) is 2.19. The molecule has 1 aromatic heterocycles. The van der Waals surface area contributed by atoms with E-state index < -0.39 is 0 Å². The van der Waals surface area contributed by atoms with Crippen LogP contribution in [0.5, 0.6) is 0 Å². The maximum absolute atomic E-state index is 12.1. The van der Waals surface area contributed by atoms with E-state index in [-0.39, 0.29) is 5.78 Å². The molecule has 0 spiro atoms. The number of aromatic nitrogens is 2. The molecule has 0 atom stereocenters. The molecule has 3 nitrogen and oxygen atoms in total. The van der Waals surface area contributed by atoms with Gasteiger partial charge in [-0.05, 0) is 11.6 Å². The lowest BCUT2D eigenvalue weighted by Gasteiger charge is -1.92. The molecule has 0 aliphatic heterocycles. The molecule has 0 fully saturated rings. The van der Waals surface area contributed by atoms with Crippen molar-refractivity contribution in [2.75, 3.05) is 0 Å². The third-order valence-electron chi connectivity index (χ3n) is 3.00. The van der Waals surface area contributed by atoms with Crippen molar-refractivity contribution in [3.8, 4) is 0 Å². The molecule has 1 aliphatic carbocycles. The van der Waals surface area contributed by atoms with Crippen molar-refractivity contribution >= 4 is 11.9 Å². The van der Waals surface area contributed by atoms with Crippen LogP contribution >= 0.6 is 0 Å². The summed E-state index contributed by atoms with van der Waals surface area (Å²) >= 11 is 0. The van der Waals surface area contributed by atoms with Gasteiger partial charge in [0.25, 0.3) is 0 Å². The van der Waals surface area contributed by atoms with E-state index >= 15 is 0 Å². The Bertz CT molecular complexity index is 623. The van der Waals surface area contributed by atoms with Gasteiger partial charge < -0.3 is 0 Å². The fraction of sp³-hybridized carbons (Fsp3) is 0.143. The number of allylic oxidation sites excluding steroid dienone is 1. The van der Waals surface area contributed by atoms with Crippen LogP contribution in [0.2, 0.25) is 0 Å². The minimum atomic E-state index is 0.143. The quantitative estimate of drug-likeness (QED) is 0.696. The van der Waals surface area contributed by atoms with Crippen molar-refractivity contribution in [3.05, 3.63) is 58.9 Å². The molecular formula is C14H12N2O. The first-order valence-corrected chi connectivity index (χ1v) is 5.56. The van der Waals surface area contributed by atoms with E-state index in [0.717, 1.165) is 28.7 Å². The highest BCUT2D eigenvalue weighted by molar-refractivity contribution is 6.15. The van der Waals surface area contributed by atoms with Crippen LogP contribution in [0.3, 0.4) is 0 Å². The van der Waals surface area contributed by atoms with Crippen LogP contribution < -0.4 is 0 Å². The molecule has 1 aromatic carbocycles. The summed E-state index contributed by atoms with van der Waals surface area (Å²) in [6, 6.07) is 7.78. The first kappa shape index (κ1) is 10.0. The second kappa shape index (κ2) is 3.70. The molecule has 2 aromatic rings. The number of hydrogen-bond acceptors (Lipinski definition) is 2. The summed E-state index contributed by atoms with van der Waals surface area (Å²) in [6.45, 7) is 0. The van der Waals surface area contributed by atoms with Gasteiger partial charge in [0, 0.05) is 36.4 Å². The van der Waals surface area contributed by atoms with E-state index in [4.69, 9.17) is 0 Å². The second-order valence-electron chi connectivity index (χ2n) is 4.28. The molecule has 0 saturated carbocycles. The van der Waals surface area contributed by atoms with Crippen LogP contribution in [0.4, 0.5) is 0 Å². The van der Waals surface area contributed by atoms with Gasteiger partial charge in [0.2, 0.25) is 0 Å². The van der Waals surface area contributed by atoms with Gasteiger partial charge in [0.05, 0.1) is 6.20 Å². The smallest absolute Gasteiger partial charge is 0.189 e. The molecule has 1 aliphatic rings. The Hall–Kier alpha value is -2.16. The Morgan fingerprint density at radius 2 is 2.18 bits per heavy atom. The van der Waals surface area contributed by atoms with E-state index in [1.54, 1.807) is 10.9 Å². The summed E-state index contributed by atoms with van der Waals surface area (Å²) in [6.07, 6.45) is 6.33. The van der Waals surface area contributed by atoms with Crippen LogP contribution in [0, 0.1) is 0 Å². The van der Waals surface area contributed by atoms with Crippen molar-refractivity contribution in [2.24, 2.45) is 7.05 Å². The minimum Gasteiger partial charge on any atom is -0.289 e. The molecule has 3 heteroatoms. The predicted octanol–water partition coefficient (Wildman–Crippen LogP) is 2.24. The monoisotopic (exact) mass is 224 g/mol. The van der Waals surface area contributed by atoms with E-state index in [0.29, 0.717) is 0 Å². The highest BCUT2D eigenvalue weighted by Gasteiger charge is 2.23. The number of nitrogens with zero attached hydrogens (tertiary/aromatic N) is 2. The third kappa shape index (κ3) is 1.69. The predicted molar refractivity (Wildman–Crippen MR) is 65.7 cm³/mol. The van der Waals surface area contributed by atoms with Crippen molar-refractivity contribution in [1.82, 2.24) is 9.78 Å². The SMILES string of the molecule is Cn1cc(C=C2Cc3ccccc3C2=O)cn1. The minimum absolute atomic E-state index is 0.143. The number of carbonyl (C=O) groups excluding carboxylic acids is 1. The first-order chi connectivity index (χ1) is 8.24. The molecular weight excluding hydrogens is 212 g/mol.